The van der Waals surface area contributed by atoms with Crippen LogP contribution in [0.15, 0.2) is 0 Å². The van der Waals surface area contributed by atoms with Gasteiger partial charge in [-0.1, -0.05) is 0 Å². The number of cyclic esters (lactones) is 1. The largest absolute Gasteiger partial charge is 0.481 e. The van der Waals surface area contributed by atoms with Crippen LogP contribution in [0.1, 0.15) is 20.3 Å². The highest BCUT2D eigenvalue weighted by Gasteiger charge is 2.36. The van der Waals surface area contributed by atoms with E-state index >= 15 is 0 Å². The van der Waals surface area contributed by atoms with Gasteiger partial charge < -0.3 is 9.47 Å². The molecule has 0 amide bonds. The van der Waals surface area contributed by atoms with Gasteiger partial charge in [-0.25, -0.2) is 0 Å². The van der Waals surface area contributed by atoms with Gasteiger partial charge in [-0.15, -0.1) is 0 Å². The highest BCUT2D eigenvalue weighted by molar-refractivity contribution is 5.97. The molecule has 1 aliphatic heterocycles. The molecule has 4 nitrogen and oxygen atoms in total. The molecule has 0 spiro atoms. The van der Waals surface area contributed by atoms with Crippen molar-refractivity contribution in [3.05, 3.63) is 0 Å². The quantitative estimate of drug-likeness (QED) is 0.382. The van der Waals surface area contributed by atoms with E-state index in [9.17, 15) is 4.79 Å². The van der Waals surface area contributed by atoms with Crippen molar-refractivity contribution in [2.45, 2.75) is 26.4 Å². The number of hydrogen-bond donors (Lipinski definition) is 1. The van der Waals surface area contributed by atoms with Gasteiger partial charge in [-0.3, -0.25) is 10.2 Å². The molecule has 0 aliphatic carbocycles. The lowest BCUT2D eigenvalue weighted by atomic mass is 10.1. The van der Waals surface area contributed by atoms with Crippen molar-refractivity contribution < 1.29 is 14.3 Å². The molecule has 1 saturated heterocycles. The number of rotatable bonds is 2. The Labute approximate surface area is 71.4 Å². The van der Waals surface area contributed by atoms with E-state index in [0.717, 1.165) is 0 Å². The summed E-state index contributed by atoms with van der Waals surface area (Å²) >= 11 is 0. The van der Waals surface area contributed by atoms with E-state index in [4.69, 9.17) is 14.9 Å². The molecule has 1 fully saturated rings. The fourth-order valence-corrected chi connectivity index (χ4v) is 1.23. The summed E-state index contributed by atoms with van der Waals surface area (Å²) in [5.41, 5.74) is 0. The Hall–Kier alpha value is -1.06. The van der Waals surface area contributed by atoms with E-state index in [1.54, 1.807) is 6.92 Å². The fourth-order valence-electron chi connectivity index (χ4n) is 1.23. The average molecular weight is 171 g/mol. The van der Waals surface area contributed by atoms with E-state index in [-0.39, 0.29) is 18.0 Å². The summed E-state index contributed by atoms with van der Waals surface area (Å²) in [5, 5.41) is 7.38. The molecule has 68 valence electrons. The smallest absolute Gasteiger partial charge is 0.318 e. The first-order valence-corrected chi connectivity index (χ1v) is 4.07. The second-order valence-corrected chi connectivity index (χ2v) is 2.83. The third kappa shape index (κ3) is 1.75. The van der Waals surface area contributed by atoms with Gasteiger partial charge in [-0.05, 0) is 13.8 Å². The molecule has 0 aromatic carbocycles. The van der Waals surface area contributed by atoms with Crippen LogP contribution in [0, 0.1) is 11.3 Å². The summed E-state index contributed by atoms with van der Waals surface area (Å²) in [6.07, 6.45) is 0.487. The Morgan fingerprint density at radius 2 is 2.50 bits per heavy atom. The molecule has 1 heterocycles. The van der Waals surface area contributed by atoms with Crippen LogP contribution >= 0.6 is 0 Å². The van der Waals surface area contributed by atoms with E-state index in [2.05, 4.69) is 0 Å². The molecule has 12 heavy (non-hydrogen) atoms. The van der Waals surface area contributed by atoms with Gasteiger partial charge in [0, 0.05) is 6.42 Å². The first-order valence-electron chi connectivity index (χ1n) is 4.07. The monoisotopic (exact) mass is 171 g/mol. The average Bonchev–Trinajstić information content (AvgIpc) is 2.30. The SMILES string of the molecule is CCOC(=N)C1CC(C)OC1=O. The van der Waals surface area contributed by atoms with E-state index in [0.29, 0.717) is 13.0 Å². The molecule has 0 aromatic heterocycles. The van der Waals surface area contributed by atoms with Gasteiger partial charge in [0.1, 0.15) is 12.0 Å². The molecule has 0 saturated carbocycles. The van der Waals surface area contributed by atoms with Gasteiger partial charge in [0.25, 0.3) is 0 Å². The molecule has 0 bridgehead atoms. The third-order valence-electron chi connectivity index (χ3n) is 1.79. The summed E-state index contributed by atoms with van der Waals surface area (Å²) in [5.74, 6) is -0.771. The Kier molecular flexibility index (Phi) is 2.68. The van der Waals surface area contributed by atoms with E-state index in [1.165, 1.54) is 0 Å². The van der Waals surface area contributed by atoms with Gasteiger partial charge in [0.2, 0.25) is 0 Å². The number of esters is 1. The Morgan fingerprint density at radius 3 is 2.92 bits per heavy atom. The Bertz CT molecular complexity index is 202. The van der Waals surface area contributed by atoms with Gasteiger partial charge in [0.15, 0.2) is 5.90 Å². The summed E-state index contributed by atoms with van der Waals surface area (Å²) in [4.78, 5) is 11.1. The zero-order chi connectivity index (χ0) is 9.14. The highest BCUT2D eigenvalue weighted by Crippen LogP contribution is 2.21. The first-order chi connectivity index (χ1) is 5.65. The molecule has 1 rings (SSSR count). The molecule has 0 radical (unpaired) electrons. The molecule has 0 aromatic rings. The molecule has 1 N–H and O–H groups in total. The van der Waals surface area contributed by atoms with E-state index < -0.39 is 5.92 Å². The predicted octanol–water partition coefficient (Wildman–Crippen LogP) is 0.952. The number of carbonyl (C=O) groups excluding carboxylic acids is 1. The van der Waals surface area contributed by atoms with Crippen LogP contribution in [0.25, 0.3) is 0 Å². The number of carbonyl (C=O) groups is 1. The molecule has 1 aliphatic rings. The van der Waals surface area contributed by atoms with Crippen molar-refractivity contribution >= 4 is 11.9 Å². The molecule has 2 unspecified atom stereocenters. The van der Waals surface area contributed by atoms with Crippen LogP contribution in [0.3, 0.4) is 0 Å². The predicted molar refractivity (Wildman–Crippen MR) is 43.0 cm³/mol. The molecule has 4 heteroatoms. The van der Waals surface area contributed by atoms with Crippen molar-refractivity contribution in [2.75, 3.05) is 6.61 Å². The normalized spacial score (nSPS) is 28.3. The topological polar surface area (TPSA) is 59.4 Å². The molecule has 2 atom stereocenters. The lowest BCUT2D eigenvalue weighted by Crippen LogP contribution is -2.21. The second kappa shape index (κ2) is 3.56. The second-order valence-electron chi connectivity index (χ2n) is 2.83. The standard InChI is InChI=1S/C8H13NO3/c1-3-11-7(9)6-4-5(2)12-8(6)10/h5-6,9H,3-4H2,1-2H3. The Balaban J connectivity index is 2.52. The lowest BCUT2D eigenvalue weighted by Gasteiger charge is -2.07. The van der Waals surface area contributed by atoms with Crippen molar-refractivity contribution in [3.8, 4) is 0 Å². The molecular weight excluding hydrogens is 158 g/mol. The number of hydrogen-bond acceptors (Lipinski definition) is 4. The van der Waals surface area contributed by atoms with Gasteiger partial charge in [0.05, 0.1) is 6.61 Å². The minimum absolute atomic E-state index is 0.0341. The molecular formula is C8H13NO3. The van der Waals surface area contributed by atoms with Gasteiger partial charge in [-0.2, -0.15) is 0 Å². The van der Waals surface area contributed by atoms with Gasteiger partial charge >= 0.3 is 5.97 Å². The summed E-state index contributed by atoms with van der Waals surface area (Å²) in [6.45, 7) is 4.03. The third-order valence-corrected chi connectivity index (χ3v) is 1.79. The van der Waals surface area contributed by atoms with Crippen molar-refractivity contribution in [1.82, 2.24) is 0 Å². The van der Waals surface area contributed by atoms with Crippen LogP contribution < -0.4 is 0 Å². The van der Waals surface area contributed by atoms with Crippen molar-refractivity contribution in [2.24, 2.45) is 5.92 Å². The van der Waals surface area contributed by atoms with Crippen LogP contribution in [0.2, 0.25) is 0 Å². The minimum atomic E-state index is -0.472. The maximum absolute atomic E-state index is 11.1. The first kappa shape index (κ1) is 9.03. The van der Waals surface area contributed by atoms with Crippen LogP contribution in [0.5, 0.6) is 0 Å². The minimum Gasteiger partial charge on any atom is -0.481 e. The summed E-state index contributed by atoms with van der Waals surface area (Å²) in [6, 6.07) is 0. The fraction of sp³-hybridized carbons (Fsp3) is 0.750. The van der Waals surface area contributed by atoms with E-state index in [1.807, 2.05) is 6.92 Å². The lowest BCUT2D eigenvalue weighted by molar-refractivity contribution is -0.142. The summed E-state index contributed by atoms with van der Waals surface area (Å²) in [7, 11) is 0. The maximum atomic E-state index is 11.1. The van der Waals surface area contributed by atoms with Crippen LogP contribution in [-0.4, -0.2) is 24.6 Å². The van der Waals surface area contributed by atoms with Crippen LogP contribution in [0.4, 0.5) is 0 Å². The van der Waals surface area contributed by atoms with Crippen molar-refractivity contribution in [1.29, 1.82) is 5.41 Å². The summed E-state index contributed by atoms with van der Waals surface area (Å²) < 4.78 is 9.81. The number of ether oxygens (including phenoxy) is 2. The number of nitrogens with one attached hydrogen (secondary N) is 1. The zero-order valence-electron chi connectivity index (χ0n) is 7.29. The Morgan fingerprint density at radius 1 is 1.83 bits per heavy atom. The zero-order valence-corrected chi connectivity index (χ0v) is 7.29. The highest BCUT2D eigenvalue weighted by atomic mass is 16.6. The maximum Gasteiger partial charge on any atom is 0.318 e. The van der Waals surface area contributed by atoms with Crippen molar-refractivity contribution in [3.63, 3.8) is 0 Å². The van der Waals surface area contributed by atoms with Crippen LogP contribution in [-0.2, 0) is 14.3 Å².